The number of hydrogen-bond acceptors (Lipinski definition) is 3. The first-order valence-corrected chi connectivity index (χ1v) is 7.30. The van der Waals surface area contributed by atoms with Gasteiger partial charge >= 0.3 is 5.97 Å². The Morgan fingerprint density at radius 3 is 2.53 bits per heavy atom. The molecule has 0 aromatic rings. The predicted molar refractivity (Wildman–Crippen MR) is 65.1 cm³/mol. The zero-order valence-electron chi connectivity index (χ0n) is 10.0. The number of rotatable bonds is 8. The van der Waals surface area contributed by atoms with Gasteiger partial charge < -0.3 is 10.4 Å². The number of carboxylic acids is 1. The fraction of sp³-hybridized carbons (Fsp3) is 0.818. The molecule has 1 saturated carbocycles. The van der Waals surface area contributed by atoms with Crippen LogP contribution in [0.15, 0.2) is 0 Å². The van der Waals surface area contributed by atoms with E-state index in [1.165, 1.54) is 0 Å². The number of amides is 1. The molecule has 17 heavy (non-hydrogen) atoms. The van der Waals surface area contributed by atoms with Crippen molar-refractivity contribution < 1.29 is 18.9 Å². The van der Waals surface area contributed by atoms with Gasteiger partial charge in [-0.25, -0.2) is 0 Å². The summed E-state index contributed by atoms with van der Waals surface area (Å²) in [6.45, 7) is 2.41. The minimum Gasteiger partial charge on any atom is -0.481 e. The predicted octanol–water partition coefficient (Wildman–Crippen LogP) is 0.516. The van der Waals surface area contributed by atoms with Crippen LogP contribution >= 0.6 is 0 Å². The molecule has 98 valence electrons. The van der Waals surface area contributed by atoms with Crippen molar-refractivity contribution in [2.24, 2.45) is 5.41 Å². The van der Waals surface area contributed by atoms with Crippen LogP contribution in [-0.2, 0) is 20.4 Å². The van der Waals surface area contributed by atoms with Gasteiger partial charge in [0.25, 0.3) is 0 Å². The lowest BCUT2D eigenvalue weighted by atomic mass is 10.1. The van der Waals surface area contributed by atoms with Gasteiger partial charge in [-0.15, -0.1) is 0 Å². The summed E-state index contributed by atoms with van der Waals surface area (Å²) in [5, 5.41) is 11.4. The lowest BCUT2D eigenvalue weighted by Crippen LogP contribution is -2.25. The molecule has 1 amide bonds. The summed E-state index contributed by atoms with van der Waals surface area (Å²) in [7, 11) is -1.09. The average molecular weight is 261 g/mol. The summed E-state index contributed by atoms with van der Waals surface area (Å²) in [5.41, 5.74) is -0.252. The van der Waals surface area contributed by atoms with Crippen molar-refractivity contribution in [3.8, 4) is 0 Å². The van der Waals surface area contributed by atoms with Gasteiger partial charge in [0.2, 0.25) is 5.91 Å². The van der Waals surface area contributed by atoms with E-state index in [9.17, 15) is 13.8 Å². The van der Waals surface area contributed by atoms with Crippen LogP contribution in [0.1, 0.15) is 32.6 Å². The highest BCUT2D eigenvalue weighted by molar-refractivity contribution is 7.85. The van der Waals surface area contributed by atoms with Crippen LogP contribution in [0.3, 0.4) is 0 Å². The molecule has 6 heteroatoms. The molecule has 2 N–H and O–H groups in total. The second-order valence-electron chi connectivity index (χ2n) is 4.56. The van der Waals surface area contributed by atoms with Crippen molar-refractivity contribution in [2.45, 2.75) is 32.6 Å². The first-order chi connectivity index (χ1) is 7.97. The molecule has 0 aromatic carbocycles. The van der Waals surface area contributed by atoms with Crippen LogP contribution in [0.25, 0.3) is 0 Å². The highest BCUT2D eigenvalue weighted by Crippen LogP contribution is 2.49. The summed E-state index contributed by atoms with van der Waals surface area (Å²) in [6, 6.07) is 0. The average Bonchev–Trinajstić information content (AvgIpc) is 2.94. The number of aliphatic carboxylic acids is 1. The van der Waals surface area contributed by atoms with E-state index >= 15 is 0 Å². The first-order valence-electron chi connectivity index (χ1n) is 5.81. The van der Waals surface area contributed by atoms with Gasteiger partial charge in [0, 0.05) is 35.3 Å². The van der Waals surface area contributed by atoms with E-state index in [4.69, 9.17) is 5.11 Å². The SMILES string of the molecule is CCNC(=O)CCS(=O)CC1(CC(=O)O)CC1. The van der Waals surface area contributed by atoms with Crippen molar-refractivity contribution in [3.05, 3.63) is 0 Å². The van der Waals surface area contributed by atoms with E-state index in [0.717, 1.165) is 12.8 Å². The maximum atomic E-state index is 11.7. The van der Waals surface area contributed by atoms with Crippen LogP contribution in [0, 0.1) is 5.41 Å². The van der Waals surface area contributed by atoms with Gasteiger partial charge in [-0.1, -0.05) is 0 Å². The first kappa shape index (κ1) is 14.2. The van der Waals surface area contributed by atoms with Gasteiger partial charge in [-0.2, -0.15) is 0 Å². The third-order valence-corrected chi connectivity index (χ3v) is 4.48. The Morgan fingerprint density at radius 2 is 2.06 bits per heavy atom. The second-order valence-corrected chi connectivity index (χ2v) is 6.14. The standard InChI is InChI=1S/C11H19NO4S/c1-2-12-9(13)3-6-17(16)8-11(4-5-11)7-10(14)15/h2-8H2,1H3,(H,12,13)(H,14,15). The number of carbonyl (C=O) groups excluding carboxylic acids is 1. The van der Waals surface area contributed by atoms with E-state index in [1.807, 2.05) is 6.92 Å². The van der Waals surface area contributed by atoms with Crippen molar-refractivity contribution >= 4 is 22.7 Å². The molecule has 0 aliphatic heterocycles. The molecule has 0 aromatic heterocycles. The smallest absolute Gasteiger partial charge is 0.303 e. The number of carboxylic acid groups (broad SMARTS) is 1. The quantitative estimate of drug-likeness (QED) is 0.667. The maximum absolute atomic E-state index is 11.7. The lowest BCUT2D eigenvalue weighted by molar-refractivity contribution is -0.138. The Kier molecular flexibility index (Phi) is 5.11. The van der Waals surface area contributed by atoms with Crippen LogP contribution in [-0.4, -0.2) is 39.2 Å². The van der Waals surface area contributed by atoms with Crippen LogP contribution in [0.5, 0.6) is 0 Å². The van der Waals surface area contributed by atoms with E-state index < -0.39 is 16.8 Å². The molecule has 1 unspecified atom stereocenters. The summed E-state index contributed by atoms with van der Waals surface area (Å²) >= 11 is 0. The molecule has 1 rings (SSSR count). The normalized spacial score (nSPS) is 18.4. The van der Waals surface area contributed by atoms with Crippen LogP contribution < -0.4 is 5.32 Å². The molecule has 0 heterocycles. The molecular weight excluding hydrogens is 242 g/mol. The summed E-state index contributed by atoms with van der Waals surface area (Å²) < 4.78 is 11.7. The fourth-order valence-electron chi connectivity index (χ4n) is 1.78. The van der Waals surface area contributed by atoms with E-state index in [0.29, 0.717) is 18.1 Å². The Balaban J connectivity index is 2.25. The van der Waals surface area contributed by atoms with Gasteiger partial charge in [-0.3, -0.25) is 13.8 Å². The van der Waals surface area contributed by atoms with Gasteiger partial charge in [0.15, 0.2) is 0 Å². The zero-order valence-corrected chi connectivity index (χ0v) is 10.8. The number of hydrogen-bond donors (Lipinski definition) is 2. The molecule has 1 aliphatic carbocycles. The molecule has 1 fully saturated rings. The molecule has 5 nitrogen and oxygen atoms in total. The highest BCUT2D eigenvalue weighted by Gasteiger charge is 2.45. The monoisotopic (exact) mass is 261 g/mol. The largest absolute Gasteiger partial charge is 0.481 e. The topological polar surface area (TPSA) is 83.5 Å². The summed E-state index contributed by atoms with van der Waals surface area (Å²) in [4.78, 5) is 21.8. The maximum Gasteiger partial charge on any atom is 0.303 e. The van der Waals surface area contributed by atoms with E-state index in [2.05, 4.69) is 5.32 Å². The Labute approximate surface area is 103 Å². The van der Waals surface area contributed by atoms with Crippen molar-refractivity contribution in [3.63, 3.8) is 0 Å². The van der Waals surface area contributed by atoms with Crippen molar-refractivity contribution in [1.29, 1.82) is 0 Å². The second kappa shape index (κ2) is 6.14. The van der Waals surface area contributed by atoms with Gasteiger partial charge in [-0.05, 0) is 25.2 Å². The minimum absolute atomic E-state index is 0.0936. The third kappa shape index (κ3) is 5.30. The molecule has 0 bridgehead atoms. The fourth-order valence-corrected chi connectivity index (χ4v) is 3.41. The lowest BCUT2D eigenvalue weighted by Gasteiger charge is -2.11. The molecule has 1 atom stereocenters. The Morgan fingerprint density at radius 1 is 1.41 bits per heavy atom. The molecule has 0 saturated heterocycles. The van der Waals surface area contributed by atoms with Gasteiger partial charge in [0.1, 0.15) is 0 Å². The molecule has 0 radical (unpaired) electrons. The number of nitrogens with one attached hydrogen (secondary N) is 1. The number of carbonyl (C=O) groups is 2. The van der Waals surface area contributed by atoms with Crippen molar-refractivity contribution in [1.82, 2.24) is 5.32 Å². The van der Waals surface area contributed by atoms with E-state index in [1.54, 1.807) is 0 Å². The zero-order chi connectivity index (χ0) is 12.9. The Bertz CT molecular complexity index is 325. The molecule has 0 spiro atoms. The van der Waals surface area contributed by atoms with Gasteiger partial charge in [0.05, 0.1) is 6.42 Å². The minimum atomic E-state index is -1.09. The highest BCUT2D eigenvalue weighted by atomic mass is 32.2. The molecule has 1 aliphatic rings. The Hall–Kier alpha value is -0.910. The van der Waals surface area contributed by atoms with Crippen molar-refractivity contribution in [2.75, 3.05) is 18.1 Å². The van der Waals surface area contributed by atoms with Crippen LogP contribution in [0.4, 0.5) is 0 Å². The molecular formula is C11H19NO4S. The summed E-state index contributed by atoms with van der Waals surface area (Å²) in [5.74, 6) is -0.182. The third-order valence-electron chi connectivity index (χ3n) is 2.88. The van der Waals surface area contributed by atoms with Crippen LogP contribution in [0.2, 0.25) is 0 Å². The summed E-state index contributed by atoms with van der Waals surface area (Å²) in [6.07, 6.45) is 2.03. The van der Waals surface area contributed by atoms with E-state index in [-0.39, 0.29) is 24.2 Å².